The van der Waals surface area contributed by atoms with Gasteiger partial charge in [0.2, 0.25) is 0 Å². The summed E-state index contributed by atoms with van der Waals surface area (Å²) in [6.45, 7) is 6.24. The molecule has 0 heterocycles. The van der Waals surface area contributed by atoms with Crippen molar-refractivity contribution in [3.8, 4) is 0 Å². The number of aliphatic hydroxyl groups is 4. The second kappa shape index (κ2) is 4.77. The smallest absolute Gasteiger partial charge is 0.196 e. The first kappa shape index (κ1) is 18.5. The highest BCUT2D eigenvalue weighted by Gasteiger charge is 2.83. The van der Waals surface area contributed by atoms with Crippen LogP contribution in [0.25, 0.3) is 0 Å². The van der Waals surface area contributed by atoms with Crippen LogP contribution in [-0.2, 0) is 9.59 Å². The zero-order valence-corrected chi connectivity index (χ0v) is 15.8. The Hall–Kier alpha value is -0.820. The summed E-state index contributed by atoms with van der Waals surface area (Å²) in [6.07, 6.45) is 1.67. The molecule has 0 radical (unpaired) electrons. The fraction of sp³-hybridized carbons (Fsp3) is 0.900. The molecule has 1 spiro atoms. The lowest BCUT2D eigenvalue weighted by atomic mass is 9.38. The predicted octanol–water partition coefficient (Wildman–Crippen LogP) is 0.729. The van der Waals surface area contributed by atoms with Crippen molar-refractivity contribution < 1.29 is 30.0 Å². The summed E-state index contributed by atoms with van der Waals surface area (Å²) in [5.74, 6) is -0.736. The van der Waals surface area contributed by atoms with Gasteiger partial charge in [0.05, 0.1) is 0 Å². The molecule has 0 amide bonds. The van der Waals surface area contributed by atoms with Crippen LogP contribution in [0.4, 0.5) is 0 Å². The number of hydrogen-bond acceptors (Lipinski definition) is 6. The van der Waals surface area contributed by atoms with Crippen molar-refractivity contribution in [2.75, 3.05) is 0 Å². The number of aliphatic hydroxyl groups excluding tert-OH is 1. The number of ketones is 1. The minimum atomic E-state index is -2.23. The van der Waals surface area contributed by atoms with Gasteiger partial charge in [-0.15, -0.1) is 0 Å². The maximum absolute atomic E-state index is 13.3. The highest BCUT2D eigenvalue weighted by Crippen LogP contribution is 2.74. The molecule has 4 aliphatic carbocycles. The van der Waals surface area contributed by atoms with E-state index in [9.17, 15) is 30.0 Å². The molecule has 0 saturated heterocycles. The third-order valence-electron chi connectivity index (χ3n) is 8.95. The molecule has 0 aromatic rings. The van der Waals surface area contributed by atoms with Crippen LogP contribution >= 0.6 is 0 Å². The molecule has 4 fully saturated rings. The van der Waals surface area contributed by atoms with Crippen LogP contribution in [0.2, 0.25) is 0 Å². The van der Waals surface area contributed by atoms with E-state index in [2.05, 4.69) is 13.8 Å². The average Bonchev–Trinajstić information content (AvgIpc) is 2.78. The second-order valence-corrected chi connectivity index (χ2v) is 10.4. The average molecular weight is 366 g/mol. The van der Waals surface area contributed by atoms with Gasteiger partial charge >= 0.3 is 0 Å². The first-order chi connectivity index (χ1) is 11.8. The van der Waals surface area contributed by atoms with E-state index in [0.717, 1.165) is 19.3 Å². The van der Waals surface area contributed by atoms with Gasteiger partial charge in [-0.2, -0.15) is 0 Å². The molecule has 0 aromatic carbocycles. The Morgan fingerprint density at radius 3 is 2.31 bits per heavy atom. The molecule has 0 aromatic heterocycles. The minimum Gasteiger partial charge on any atom is -0.383 e. The van der Waals surface area contributed by atoms with Crippen molar-refractivity contribution in [2.24, 2.45) is 22.2 Å². The molecule has 0 aliphatic heterocycles. The van der Waals surface area contributed by atoms with E-state index in [-0.39, 0.29) is 30.5 Å². The van der Waals surface area contributed by atoms with Gasteiger partial charge in [0.1, 0.15) is 17.3 Å². The minimum absolute atomic E-state index is 0.0527. The van der Waals surface area contributed by atoms with E-state index in [4.69, 9.17) is 0 Å². The summed E-state index contributed by atoms with van der Waals surface area (Å²) in [5, 5.41) is 44.4. The van der Waals surface area contributed by atoms with E-state index in [0.29, 0.717) is 12.8 Å². The summed E-state index contributed by atoms with van der Waals surface area (Å²) in [6, 6.07) is 0. The molecule has 4 rings (SSSR count). The van der Waals surface area contributed by atoms with Gasteiger partial charge in [-0.05, 0) is 49.9 Å². The van der Waals surface area contributed by atoms with Crippen LogP contribution in [0.5, 0.6) is 0 Å². The van der Waals surface area contributed by atoms with Crippen molar-refractivity contribution >= 4 is 12.1 Å². The van der Waals surface area contributed by atoms with Crippen molar-refractivity contribution in [1.29, 1.82) is 0 Å². The predicted molar refractivity (Wildman–Crippen MR) is 92.1 cm³/mol. The molecule has 6 heteroatoms. The number of hydrogen-bond donors (Lipinski definition) is 4. The first-order valence-electron chi connectivity index (χ1n) is 9.70. The van der Waals surface area contributed by atoms with E-state index in [1.54, 1.807) is 0 Å². The summed E-state index contributed by atoms with van der Waals surface area (Å²) >= 11 is 0. The van der Waals surface area contributed by atoms with Gasteiger partial charge < -0.3 is 25.2 Å². The van der Waals surface area contributed by atoms with Gasteiger partial charge in [0, 0.05) is 10.8 Å². The molecule has 4 N–H and O–H groups in total. The highest BCUT2D eigenvalue weighted by atomic mass is 16.4. The standard InChI is InChI=1S/C20H30O6/c1-15(2)6-4-7-16(3)12(15)5-8-17-9-18(24,11-21)19(25,10-17)13(22)14(23)20(16,17)26/h11-13,22,24-26H,4-10H2,1-3H3/t12-,13+,16-,17-,18+,19-,20+/m1/s1. The molecule has 146 valence electrons. The van der Waals surface area contributed by atoms with E-state index >= 15 is 0 Å². The summed E-state index contributed by atoms with van der Waals surface area (Å²) in [7, 11) is 0. The van der Waals surface area contributed by atoms with Crippen molar-refractivity contribution in [1.82, 2.24) is 0 Å². The molecule has 2 bridgehead atoms. The van der Waals surface area contributed by atoms with Crippen LogP contribution in [-0.4, -0.2) is 55.4 Å². The maximum atomic E-state index is 13.3. The third-order valence-corrected chi connectivity index (χ3v) is 8.95. The van der Waals surface area contributed by atoms with Gasteiger partial charge in [-0.1, -0.05) is 27.2 Å². The van der Waals surface area contributed by atoms with Crippen LogP contribution in [0.3, 0.4) is 0 Å². The van der Waals surface area contributed by atoms with Crippen LogP contribution in [0.1, 0.15) is 65.7 Å². The molecule has 0 unspecified atom stereocenters. The topological polar surface area (TPSA) is 115 Å². The van der Waals surface area contributed by atoms with E-state index < -0.39 is 39.5 Å². The largest absolute Gasteiger partial charge is 0.383 e. The molecular formula is C20H30O6. The van der Waals surface area contributed by atoms with Crippen molar-refractivity contribution in [3.63, 3.8) is 0 Å². The summed E-state index contributed by atoms with van der Waals surface area (Å²) in [4.78, 5) is 25.0. The number of carbonyl (C=O) groups excluding carboxylic acids is 2. The number of rotatable bonds is 1. The molecule has 7 atom stereocenters. The Labute approximate surface area is 153 Å². The Bertz CT molecular complexity index is 690. The number of fused-ring (bicyclic) bond motifs is 3. The van der Waals surface area contributed by atoms with Gasteiger partial charge in [0.25, 0.3) is 0 Å². The van der Waals surface area contributed by atoms with Gasteiger partial charge in [0.15, 0.2) is 17.7 Å². The summed E-state index contributed by atoms with van der Waals surface area (Å²) in [5.41, 5.74) is -8.22. The zero-order valence-electron chi connectivity index (χ0n) is 15.8. The Kier molecular flexibility index (Phi) is 3.40. The van der Waals surface area contributed by atoms with Crippen molar-refractivity contribution in [2.45, 2.75) is 88.6 Å². The van der Waals surface area contributed by atoms with Gasteiger partial charge in [-0.3, -0.25) is 4.79 Å². The molecule has 26 heavy (non-hydrogen) atoms. The number of aldehydes is 1. The lowest BCUT2D eigenvalue weighted by Gasteiger charge is -2.67. The monoisotopic (exact) mass is 366 g/mol. The lowest BCUT2D eigenvalue weighted by molar-refractivity contribution is -0.264. The Morgan fingerprint density at radius 2 is 1.69 bits per heavy atom. The van der Waals surface area contributed by atoms with Crippen LogP contribution in [0.15, 0.2) is 0 Å². The quantitative estimate of drug-likeness (QED) is 0.509. The Morgan fingerprint density at radius 1 is 1.04 bits per heavy atom. The number of carbonyl (C=O) groups is 2. The number of Topliss-reactive ketones (excluding diaryl/α,β-unsaturated/α-hetero) is 1. The van der Waals surface area contributed by atoms with Gasteiger partial charge in [-0.25, -0.2) is 0 Å². The van der Waals surface area contributed by atoms with E-state index in [1.807, 2.05) is 6.92 Å². The van der Waals surface area contributed by atoms with Crippen LogP contribution < -0.4 is 0 Å². The molecular weight excluding hydrogens is 336 g/mol. The van der Waals surface area contributed by atoms with E-state index in [1.165, 1.54) is 0 Å². The second-order valence-electron chi connectivity index (χ2n) is 10.4. The van der Waals surface area contributed by atoms with Crippen LogP contribution in [0, 0.1) is 22.2 Å². The molecule has 4 saturated carbocycles. The first-order valence-corrected chi connectivity index (χ1v) is 9.70. The molecule has 6 nitrogen and oxygen atoms in total. The maximum Gasteiger partial charge on any atom is 0.196 e. The molecule has 4 aliphatic rings. The SMILES string of the molecule is CC1(C)CCC[C@]2(C)[C@@H]1CC[C@@]13C[C@](O)(C=O)[C@@](O)(C1)[C@@H](O)C(=O)[C@@]32O. The van der Waals surface area contributed by atoms with Crippen molar-refractivity contribution in [3.05, 3.63) is 0 Å². The third kappa shape index (κ3) is 1.65. The lowest BCUT2D eigenvalue weighted by Crippen LogP contribution is -2.76. The summed E-state index contributed by atoms with van der Waals surface area (Å²) < 4.78 is 0. The highest BCUT2D eigenvalue weighted by molar-refractivity contribution is 5.97. The fourth-order valence-electron chi connectivity index (χ4n) is 7.74. The Balaban J connectivity index is 1.94. The normalized spacial score (nSPS) is 58.0. The zero-order chi connectivity index (χ0) is 19.4. The fourth-order valence-corrected chi connectivity index (χ4v) is 7.74.